The lowest BCUT2D eigenvalue weighted by Crippen LogP contribution is -1.99. The lowest BCUT2D eigenvalue weighted by atomic mass is 10.2. The molecule has 0 saturated heterocycles. The van der Waals surface area contributed by atoms with Gasteiger partial charge < -0.3 is 14.3 Å². The van der Waals surface area contributed by atoms with Gasteiger partial charge in [0.05, 0.1) is 18.4 Å². The molecule has 1 heterocycles. The molecule has 0 spiro atoms. The van der Waals surface area contributed by atoms with E-state index in [1.54, 1.807) is 0 Å². The number of hydrogen-bond acceptors (Lipinski definition) is 7. The van der Waals surface area contributed by atoms with Crippen molar-refractivity contribution in [3.63, 3.8) is 0 Å². The molecule has 0 bridgehead atoms. The molecule has 1 N–H and O–H groups in total. The fourth-order valence-electron chi connectivity index (χ4n) is 1.57. The molecule has 1 aromatic heterocycles. The predicted molar refractivity (Wildman–Crippen MR) is 73.3 cm³/mol. The first-order valence-electron chi connectivity index (χ1n) is 5.95. The molecule has 0 saturated carbocycles. The summed E-state index contributed by atoms with van der Waals surface area (Å²) < 4.78 is 9.38. The van der Waals surface area contributed by atoms with Gasteiger partial charge in [-0.3, -0.25) is 0 Å². The number of carbonyl (C=O) groups excluding carboxylic acids is 1. The van der Waals surface area contributed by atoms with Crippen LogP contribution in [0.3, 0.4) is 0 Å². The first-order valence-corrected chi connectivity index (χ1v) is 5.95. The van der Waals surface area contributed by atoms with Crippen LogP contribution in [0.5, 0.6) is 5.75 Å². The van der Waals surface area contributed by atoms with Gasteiger partial charge in [0.1, 0.15) is 5.76 Å². The van der Waals surface area contributed by atoms with Gasteiger partial charge in [0.25, 0.3) is 0 Å². The van der Waals surface area contributed by atoms with E-state index in [-0.39, 0.29) is 17.2 Å². The molecule has 7 heteroatoms. The average Bonchev–Trinajstić information content (AvgIpc) is 2.46. The van der Waals surface area contributed by atoms with Crippen molar-refractivity contribution in [1.82, 2.24) is 0 Å². The topological polar surface area (TPSA) is 101 Å². The number of rotatable bonds is 3. The molecule has 1 aromatic carbocycles. The number of carbonyl (C=O) groups is 1. The normalized spacial score (nSPS) is 10.8. The van der Waals surface area contributed by atoms with Crippen molar-refractivity contribution in [3.8, 4) is 5.75 Å². The Kier molecular flexibility index (Phi) is 4.13. The number of benzene rings is 1. The Morgan fingerprint density at radius 2 is 1.90 bits per heavy atom. The second-order valence-corrected chi connectivity index (χ2v) is 4.12. The Morgan fingerprint density at radius 1 is 1.24 bits per heavy atom. The van der Waals surface area contributed by atoms with Crippen LogP contribution in [0.15, 0.2) is 49.8 Å². The maximum absolute atomic E-state index is 11.5. The van der Waals surface area contributed by atoms with Gasteiger partial charge in [-0.2, -0.15) is 5.11 Å². The Hall–Kier alpha value is -2.96. The monoisotopic (exact) mass is 288 g/mol. The second kappa shape index (κ2) is 6.00. The van der Waals surface area contributed by atoms with Crippen LogP contribution in [0.1, 0.15) is 16.1 Å². The highest BCUT2D eigenvalue weighted by atomic mass is 16.5. The maximum Gasteiger partial charge on any atom is 0.367 e. The van der Waals surface area contributed by atoms with Crippen molar-refractivity contribution in [2.24, 2.45) is 10.2 Å². The van der Waals surface area contributed by atoms with E-state index < -0.39 is 11.6 Å². The van der Waals surface area contributed by atoms with E-state index in [1.165, 1.54) is 44.4 Å². The van der Waals surface area contributed by atoms with E-state index in [4.69, 9.17) is 4.42 Å². The Balaban J connectivity index is 2.26. The van der Waals surface area contributed by atoms with Crippen LogP contribution in [-0.4, -0.2) is 18.2 Å². The van der Waals surface area contributed by atoms with Crippen molar-refractivity contribution in [2.45, 2.75) is 6.92 Å². The minimum absolute atomic E-state index is 0.277. The van der Waals surface area contributed by atoms with Crippen LogP contribution in [0, 0.1) is 6.92 Å². The summed E-state index contributed by atoms with van der Waals surface area (Å²) in [6.45, 7) is 1.54. The number of ether oxygens (including phenoxy) is 1. The Morgan fingerprint density at radius 3 is 2.48 bits per heavy atom. The van der Waals surface area contributed by atoms with E-state index in [0.29, 0.717) is 11.3 Å². The van der Waals surface area contributed by atoms with Gasteiger partial charge in [-0.25, -0.2) is 9.59 Å². The molecule has 0 aliphatic carbocycles. The average molecular weight is 288 g/mol. The summed E-state index contributed by atoms with van der Waals surface area (Å²) in [5.74, 6) is -0.493. The highest BCUT2D eigenvalue weighted by Crippen LogP contribution is 2.25. The fraction of sp³-hybridized carbons (Fsp3) is 0.143. The number of azo groups is 1. The van der Waals surface area contributed by atoms with Crippen molar-refractivity contribution in [3.05, 3.63) is 52.1 Å². The molecule has 0 aliphatic heterocycles. The minimum atomic E-state index is -0.776. The van der Waals surface area contributed by atoms with Gasteiger partial charge in [-0.15, -0.1) is 5.11 Å². The molecule has 0 radical (unpaired) electrons. The lowest BCUT2D eigenvalue weighted by Gasteiger charge is -1.99. The molecular formula is C14H12N2O5. The first kappa shape index (κ1) is 14.4. The molecule has 108 valence electrons. The predicted octanol–water partition coefficient (Wildman–Crippen LogP) is 2.86. The third kappa shape index (κ3) is 3.33. The number of hydrogen-bond donors (Lipinski definition) is 1. The van der Waals surface area contributed by atoms with Gasteiger partial charge in [-0.05, 0) is 31.2 Å². The summed E-state index contributed by atoms with van der Waals surface area (Å²) in [5.41, 5.74) is -0.281. The van der Waals surface area contributed by atoms with E-state index in [2.05, 4.69) is 15.0 Å². The van der Waals surface area contributed by atoms with Crippen LogP contribution in [0.4, 0.5) is 11.4 Å². The van der Waals surface area contributed by atoms with Crippen LogP contribution in [0.2, 0.25) is 0 Å². The SMILES string of the molecule is COC(=O)c1ccc(N=Nc2c(O)cc(C)oc2=O)cc1. The molecule has 0 aliphatic rings. The fourth-order valence-corrected chi connectivity index (χ4v) is 1.57. The van der Waals surface area contributed by atoms with E-state index in [9.17, 15) is 14.7 Å². The van der Waals surface area contributed by atoms with Crippen molar-refractivity contribution >= 4 is 17.3 Å². The quantitative estimate of drug-likeness (QED) is 0.691. The third-order valence-corrected chi connectivity index (χ3v) is 2.58. The van der Waals surface area contributed by atoms with E-state index in [0.717, 1.165) is 0 Å². The number of esters is 1. The summed E-state index contributed by atoms with van der Waals surface area (Å²) >= 11 is 0. The molecule has 0 amide bonds. The minimum Gasteiger partial charge on any atom is -0.505 e. The van der Waals surface area contributed by atoms with Gasteiger partial charge in [0.2, 0.25) is 5.69 Å². The first-order chi connectivity index (χ1) is 10.0. The van der Waals surface area contributed by atoms with Crippen LogP contribution in [0.25, 0.3) is 0 Å². The highest BCUT2D eigenvalue weighted by Gasteiger charge is 2.09. The van der Waals surface area contributed by atoms with Gasteiger partial charge in [0.15, 0.2) is 5.75 Å². The molecule has 0 atom stereocenters. The third-order valence-electron chi connectivity index (χ3n) is 2.58. The standard InChI is InChI=1S/C14H12N2O5/c1-8-7-11(17)12(14(19)21-8)16-15-10-5-3-9(4-6-10)13(18)20-2/h3-7,17H,1-2H3. The van der Waals surface area contributed by atoms with Crippen molar-refractivity contribution < 1.29 is 19.1 Å². The van der Waals surface area contributed by atoms with E-state index >= 15 is 0 Å². The molecule has 0 unspecified atom stereocenters. The van der Waals surface area contributed by atoms with Crippen molar-refractivity contribution in [2.75, 3.05) is 7.11 Å². The molecular weight excluding hydrogens is 276 g/mol. The van der Waals surface area contributed by atoms with Gasteiger partial charge in [0, 0.05) is 6.07 Å². The number of aromatic hydroxyl groups is 1. The maximum atomic E-state index is 11.5. The number of aryl methyl sites for hydroxylation is 1. The zero-order chi connectivity index (χ0) is 15.4. The summed E-state index contributed by atoms with van der Waals surface area (Å²) in [6.07, 6.45) is 0. The van der Waals surface area contributed by atoms with Gasteiger partial charge in [-0.1, -0.05) is 0 Å². The zero-order valence-electron chi connectivity index (χ0n) is 11.4. The molecule has 7 nitrogen and oxygen atoms in total. The lowest BCUT2D eigenvalue weighted by molar-refractivity contribution is 0.0601. The summed E-state index contributed by atoms with van der Waals surface area (Å²) in [4.78, 5) is 22.8. The van der Waals surface area contributed by atoms with Crippen molar-refractivity contribution in [1.29, 1.82) is 0 Å². The Bertz CT molecular complexity index is 747. The smallest absolute Gasteiger partial charge is 0.367 e. The highest BCUT2D eigenvalue weighted by molar-refractivity contribution is 5.89. The number of nitrogens with zero attached hydrogens (tertiary/aromatic N) is 2. The summed E-state index contributed by atoms with van der Waals surface area (Å²) in [6, 6.07) is 7.36. The second-order valence-electron chi connectivity index (χ2n) is 4.12. The summed E-state index contributed by atoms with van der Waals surface area (Å²) in [5, 5.41) is 17.1. The molecule has 0 fully saturated rings. The zero-order valence-corrected chi connectivity index (χ0v) is 11.4. The Labute approximate surface area is 119 Å². The number of methoxy groups -OCH3 is 1. The van der Waals surface area contributed by atoms with Crippen LogP contribution in [-0.2, 0) is 4.74 Å². The summed E-state index contributed by atoms with van der Waals surface area (Å²) in [7, 11) is 1.29. The largest absolute Gasteiger partial charge is 0.505 e. The van der Waals surface area contributed by atoms with Crippen LogP contribution < -0.4 is 5.63 Å². The molecule has 2 aromatic rings. The molecule has 2 rings (SSSR count). The van der Waals surface area contributed by atoms with Crippen LogP contribution >= 0.6 is 0 Å². The van der Waals surface area contributed by atoms with Gasteiger partial charge >= 0.3 is 11.6 Å². The van der Waals surface area contributed by atoms with E-state index in [1.807, 2.05) is 0 Å². The molecule has 21 heavy (non-hydrogen) atoms.